The summed E-state index contributed by atoms with van der Waals surface area (Å²) in [5, 5.41) is 20.9. The molecule has 3 nitrogen and oxygen atoms in total. The fraction of sp³-hybridized carbons (Fsp3) is 1.00. The van der Waals surface area contributed by atoms with Gasteiger partial charge in [0.1, 0.15) is 0 Å². The summed E-state index contributed by atoms with van der Waals surface area (Å²) >= 11 is 0. The maximum atomic E-state index is 9.17. The number of aliphatic hydroxyl groups is 2. The minimum Gasteiger partial charge on any atom is -0.394 e. The SMILES string of the molecule is OC[C@H](O)[C@@H]1CCCCN1. The Bertz CT molecular complexity index is 91.6. The second-order valence-corrected chi connectivity index (χ2v) is 2.81. The number of hydrogen-bond acceptors (Lipinski definition) is 3. The van der Waals surface area contributed by atoms with Gasteiger partial charge in [0, 0.05) is 6.04 Å². The Kier molecular flexibility index (Phi) is 3.12. The molecule has 0 spiro atoms. The molecule has 3 heteroatoms. The number of rotatable bonds is 2. The molecule has 1 fully saturated rings. The van der Waals surface area contributed by atoms with Crippen molar-refractivity contribution in [2.24, 2.45) is 0 Å². The molecule has 0 aliphatic carbocycles. The average Bonchev–Trinajstić information content (AvgIpc) is 2.05. The summed E-state index contributed by atoms with van der Waals surface area (Å²) in [5.74, 6) is 0. The topological polar surface area (TPSA) is 52.5 Å². The molecule has 0 saturated carbocycles. The largest absolute Gasteiger partial charge is 0.394 e. The number of nitrogens with one attached hydrogen (secondary N) is 1. The molecule has 1 heterocycles. The third kappa shape index (κ3) is 1.94. The van der Waals surface area contributed by atoms with Crippen LogP contribution in [0.4, 0.5) is 0 Å². The van der Waals surface area contributed by atoms with E-state index in [1.807, 2.05) is 0 Å². The van der Waals surface area contributed by atoms with Gasteiger partial charge in [-0.1, -0.05) is 6.42 Å². The van der Waals surface area contributed by atoms with Crippen LogP contribution in [0.1, 0.15) is 19.3 Å². The number of piperidine rings is 1. The molecular formula is C7H15NO2. The highest BCUT2D eigenvalue weighted by Crippen LogP contribution is 2.09. The summed E-state index contributed by atoms with van der Waals surface area (Å²) in [6.45, 7) is 0.847. The molecule has 1 aliphatic rings. The zero-order valence-electron chi connectivity index (χ0n) is 6.08. The Morgan fingerprint density at radius 1 is 1.50 bits per heavy atom. The van der Waals surface area contributed by atoms with E-state index in [1.54, 1.807) is 0 Å². The van der Waals surface area contributed by atoms with Gasteiger partial charge in [-0.2, -0.15) is 0 Å². The monoisotopic (exact) mass is 145 g/mol. The van der Waals surface area contributed by atoms with E-state index in [0.717, 1.165) is 19.4 Å². The standard InChI is InChI=1S/C7H15NO2/c9-5-7(10)6-3-1-2-4-8-6/h6-10H,1-5H2/t6-,7-/m0/s1. The van der Waals surface area contributed by atoms with Gasteiger partial charge in [0.15, 0.2) is 0 Å². The van der Waals surface area contributed by atoms with Gasteiger partial charge in [0.2, 0.25) is 0 Å². The summed E-state index contributed by atoms with van der Waals surface area (Å²) < 4.78 is 0. The lowest BCUT2D eigenvalue weighted by Gasteiger charge is -2.26. The summed E-state index contributed by atoms with van der Waals surface area (Å²) in [6, 6.07) is 0.124. The van der Waals surface area contributed by atoms with Crippen LogP contribution in [0, 0.1) is 0 Å². The van der Waals surface area contributed by atoms with Crippen LogP contribution in [0.25, 0.3) is 0 Å². The lowest BCUT2D eigenvalue weighted by molar-refractivity contribution is 0.0543. The predicted octanol–water partition coefficient (Wildman–Crippen LogP) is -0.518. The van der Waals surface area contributed by atoms with Crippen molar-refractivity contribution in [2.75, 3.05) is 13.2 Å². The molecule has 0 aromatic heterocycles. The quantitative estimate of drug-likeness (QED) is 0.490. The molecule has 60 valence electrons. The van der Waals surface area contributed by atoms with E-state index in [-0.39, 0.29) is 12.6 Å². The third-order valence-corrected chi connectivity index (χ3v) is 2.00. The van der Waals surface area contributed by atoms with Gasteiger partial charge >= 0.3 is 0 Å². The van der Waals surface area contributed by atoms with Gasteiger partial charge in [-0.05, 0) is 19.4 Å². The summed E-state index contributed by atoms with van der Waals surface area (Å²) in [7, 11) is 0. The van der Waals surface area contributed by atoms with Gasteiger partial charge in [-0.15, -0.1) is 0 Å². The summed E-state index contributed by atoms with van der Waals surface area (Å²) in [6.07, 6.45) is 2.77. The molecule has 0 aromatic carbocycles. The van der Waals surface area contributed by atoms with Crippen molar-refractivity contribution in [3.05, 3.63) is 0 Å². The zero-order valence-corrected chi connectivity index (χ0v) is 6.08. The van der Waals surface area contributed by atoms with Gasteiger partial charge in [0.25, 0.3) is 0 Å². The Morgan fingerprint density at radius 2 is 2.30 bits per heavy atom. The molecule has 1 saturated heterocycles. The maximum absolute atomic E-state index is 9.17. The fourth-order valence-corrected chi connectivity index (χ4v) is 1.33. The van der Waals surface area contributed by atoms with Crippen molar-refractivity contribution in [3.63, 3.8) is 0 Å². The smallest absolute Gasteiger partial charge is 0.0923 e. The van der Waals surface area contributed by atoms with Crippen LogP contribution in [0.2, 0.25) is 0 Å². The van der Waals surface area contributed by atoms with Crippen molar-refractivity contribution < 1.29 is 10.2 Å². The molecule has 0 aromatic rings. The first-order chi connectivity index (χ1) is 4.84. The molecule has 2 atom stereocenters. The van der Waals surface area contributed by atoms with E-state index in [1.165, 1.54) is 6.42 Å². The van der Waals surface area contributed by atoms with Crippen LogP contribution < -0.4 is 5.32 Å². The highest BCUT2D eigenvalue weighted by molar-refractivity contribution is 4.78. The van der Waals surface area contributed by atoms with Crippen molar-refractivity contribution in [1.29, 1.82) is 0 Å². The van der Waals surface area contributed by atoms with E-state index in [2.05, 4.69) is 5.32 Å². The molecular weight excluding hydrogens is 130 g/mol. The minimum absolute atomic E-state index is 0.124. The van der Waals surface area contributed by atoms with E-state index in [9.17, 15) is 5.11 Å². The van der Waals surface area contributed by atoms with Crippen LogP contribution in [-0.2, 0) is 0 Å². The van der Waals surface area contributed by atoms with E-state index in [0.29, 0.717) is 0 Å². The van der Waals surface area contributed by atoms with E-state index >= 15 is 0 Å². The van der Waals surface area contributed by atoms with Gasteiger partial charge in [-0.25, -0.2) is 0 Å². The lowest BCUT2D eigenvalue weighted by Crippen LogP contribution is -2.44. The lowest BCUT2D eigenvalue weighted by atomic mass is 10.0. The Morgan fingerprint density at radius 3 is 2.80 bits per heavy atom. The van der Waals surface area contributed by atoms with Crippen LogP contribution >= 0.6 is 0 Å². The molecule has 1 rings (SSSR count). The zero-order chi connectivity index (χ0) is 7.40. The Labute approximate surface area is 61.1 Å². The second kappa shape index (κ2) is 3.91. The first kappa shape index (κ1) is 7.98. The first-order valence-corrected chi connectivity index (χ1v) is 3.87. The number of aliphatic hydroxyl groups excluding tert-OH is 2. The molecule has 10 heavy (non-hydrogen) atoms. The predicted molar refractivity (Wildman–Crippen MR) is 38.7 cm³/mol. The van der Waals surface area contributed by atoms with Crippen LogP contribution in [0.15, 0.2) is 0 Å². The summed E-state index contributed by atoms with van der Waals surface area (Å²) in [4.78, 5) is 0. The number of hydrogen-bond donors (Lipinski definition) is 3. The van der Waals surface area contributed by atoms with Crippen LogP contribution in [0.5, 0.6) is 0 Å². The first-order valence-electron chi connectivity index (χ1n) is 3.87. The molecule has 3 N–H and O–H groups in total. The van der Waals surface area contributed by atoms with Crippen molar-refractivity contribution >= 4 is 0 Å². The van der Waals surface area contributed by atoms with E-state index in [4.69, 9.17) is 5.11 Å². The summed E-state index contributed by atoms with van der Waals surface area (Å²) in [5.41, 5.74) is 0. The molecule has 0 bridgehead atoms. The van der Waals surface area contributed by atoms with Crippen LogP contribution in [0.3, 0.4) is 0 Å². The van der Waals surface area contributed by atoms with Gasteiger partial charge in [-0.3, -0.25) is 0 Å². The average molecular weight is 145 g/mol. The Balaban J connectivity index is 2.24. The minimum atomic E-state index is -0.569. The fourth-order valence-electron chi connectivity index (χ4n) is 1.33. The van der Waals surface area contributed by atoms with Crippen molar-refractivity contribution in [3.8, 4) is 0 Å². The van der Waals surface area contributed by atoms with Crippen molar-refractivity contribution in [2.45, 2.75) is 31.4 Å². The third-order valence-electron chi connectivity index (χ3n) is 2.00. The molecule has 0 amide bonds. The highest BCUT2D eigenvalue weighted by atomic mass is 16.3. The van der Waals surface area contributed by atoms with Crippen LogP contribution in [-0.4, -0.2) is 35.5 Å². The molecule has 1 aliphatic heterocycles. The van der Waals surface area contributed by atoms with E-state index < -0.39 is 6.10 Å². The van der Waals surface area contributed by atoms with Gasteiger partial charge in [0.05, 0.1) is 12.7 Å². The molecule has 0 radical (unpaired) electrons. The highest BCUT2D eigenvalue weighted by Gasteiger charge is 2.19. The second-order valence-electron chi connectivity index (χ2n) is 2.81. The maximum Gasteiger partial charge on any atom is 0.0923 e. The Hall–Kier alpha value is -0.120. The van der Waals surface area contributed by atoms with Gasteiger partial charge < -0.3 is 15.5 Å². The molecule has 0 unspecified atom stereocenters. The van der Waals surface area contributed by atoms with Crippen molar-refractivity contribution in [1.82, 2.24) is 5.32 Å². The normalized spacial score (nSPS) is 30.0.